The van der Waals surface area contributed by atoms with E-state index in [9.17, 15) is 9.18 Å². The van der Waals surface area contributed by atoms with Gasteiger partial charge >= 0.3 is 0 Å². The molecule has 0 heterocycles. The first-order chi connectivity index (χ1) is 10.6. The van der Waals surface area contributed by atoms with Crippen LogP contribution in [-0.4, -0.2) is 5.91 Å². The van der Waals surface area contributed by atoms with Gasteiger partial charge in [-0.25, -0.2) is 4.39 Å². The summed E-state index contributed by atoms with van der Waals surface area (Å²) < 4.78 is 18.4. The molecule has 0 aromatic heterocycles. The number of rotatable bonds is 6. The molecule has 2 aromatic rings. The number of carbonyl (C=O) groups excluding carboxylic acids is 1. The van der Waals surface area contributed by atoms with Gasteiger partial charge in [-0.15, -0.1) is 0 Å². The molecule has 0 fully saturated rings. The van der Waals surface area contributed by atoms with Crippen molar-refractivity contribution >= 4 is 5.91 Å². The molecular weight excluding hydrogens is 281 g/mol. The Balaban J connectivity index is 1.90. The van der Waals surface area contributed by atoms with Gasteiger partial charge in [0.05, 0.1) is 0 Å². The Labute approximate surface area is 130 Å². The third-order valence-corrected chi connectivity index (χ3v) is 3.50. The van der Waals surface area contributed by atoms with Gasteiger partial charge < -0.3 is 10.1 Å². The predicted molar refractivity (Wildman–Crippen MR) is 84.2 cm³/mol. The second-order valence-corrected chi connectivity index (χ2v) is 5.23. The SMILES string of the molecule is CC[C@H](C)C(=O)NCc1ccc(Oc2ccc(F)cc2)cc1. The Kier molecular flexibility index (Phi) is 5.53. The Bertz CT molecular complexity index is 608. The molecule has 2 aromatic carbocycles. The lowest BCUT2D eigenvalue weighted by Gasteiger charge is -2.10. The van der Waals surface area contributed by atoms with Crippen LogP contribution in [0.1, 0.15) is 25.8 Å². The summed E-state index contributed by atoms with van der Waals surface area (Å²) in [5, 5.41) is 2.90. The van der Waals surface area contributed by atoms with Gasteiger partial charge in [0.2, 0.25) is 5.91 Å². The summed E-state index contributed by atoms with van der Waals surface area (Å²) in [5.74, 6) is 1.05. The molecule has 0 unspecified atom stereocenters. The molecule has 116 valence electrons. The van der Waals surface area contributed by atoms with Gasteiger partial charge in [-0.3, -0.25) is 4.79 Å². The molecule has 0 aliphatic carbocycles. The zero-order valence-electron chi connectivity index (χ0n) is 12.8. The molecule has 2 rings (SSSR count). The average molecular weight is 301 g/mol. The van der Waals surface area contributed by atoms with E-state index in [4.69, 9.17) is 4.74 Å². The van der Waals surface area contributed by atoms with Crippen molar-refractivity contribution in [3.05, 3.63) is 59.9 Å². The highest BCUT2D eigenvalue weighted by Crippen LogP contribution is 2.21. The first-order valence-electron chi connectivity index (χ1n) is 7.38. The maximum atomic E-state index is 12.8. The number of hydrogen-bond donors (Lipinski definition) is 1. The van der Waals surface area contributed by atoms with E-state index in [-0.39, 0.29) is 17.6 Å². The van der Waals surface area contributed by atoms with E-state index in [2.05, 4.69) is 5.32 Å². The second-order valence-electron chi connectivity index (χ2n) is 5.23. The normalized spacial score (nSPS) is 11.8. The first kappa shape index (κ1) is 16.0. The monoisotopic (exact) mass is 301 g/mol. The van der Waals surface area contributed by atoms with Crippen molar-refractivity contribution in [2.75, 3.05) is 0 Å². The van der Waals surface area contributed by atoms with E-state index < -0.39 is 0 Å². The second kappa shape index (κ2) is 7.59. The minimum absolute atomic E-state index is 0.0288. The van der Waals surface area contributed by atoms with Gasteiger partial charge in [0.25, 0.3) is 0 Å². The predicted octanol–water partition coefficient (Wildman–Crippen LogP) is 4.28. The highest BCUT2D eigenvalue weighted by Gasteiger charge is 2.09. The van der Waals surface area contributed by atoms with Crippen LogP contribution in [0.25, 0.3) is 0 Å². The molecule has 0 aliphatic heterocycles. The minimum Gasteiger partial charge on any atom is -0.457 e. The van der Waals surface area contributed by atoms with Crippen LogP contribution in [0.15, 0.2) is 48.5 Å². The van der Waals surface area contributed by atoms with Crippen molar-refractivity contribution in [1.29, 1.82) is 0 Å². The number of nitrogens with one attached hydrogen (secondary N) is 1. The molecule has 4 heteroatoms. The molecule has 0 spiro atoms. The van der Waals surface area contributed by atoms with Crippen LogP contribution in [0.2, 0.25) is 0 Å². The molecule has 1 atom stereocenters. The highest BCUT2D eigenvalue weighted by atomic mass is 19.1. The van der Waals surface area contributed by atoms with Crippen molar-refractivity contribution in [3.63, 3.8) is 0 Å². The molecule has 0 aliphatic rings. The molecule has 0 saturated heterocycles. The van der Waals surface area contributed by atoms with Crippen LogP contribution in [0, 0.1) is 11.7 Å². The minimum atomic E-state index is -0.292. The third kappa shape index (κ3) is 4.58. The van der Waals surface area contributed by atoms with E-state index >= 15 is 0 Å². The number of hydrogen-bond acceptors (Lipinski definition) is 2. The first-order valence-corrected chi connectivity index (χ1v) is 7.38. The standard InChI is InChI=1S/C18H20FNO2/c1-3-13(2)18(21)20-12-14-4-8-16(9-5-14)22-17-10-6-15(19)7-11-17/h4-11,13H,3,12H2,1-2H3,(H,20,21)/t13-/m0/s1. The zero-order valence-corrected chi connectivity index (χ0v) is 12.8. The van der Waals surface area contributed by atoms with Gasteiger partial charge in [0.1, 0.15) is 17.3 Å². The number of carbonyl (C=O) groups is 1. The smallest absolute Gasteiger partial charge is 0.223 e. The third-order valence-electron chi connectivity index (χ3n) is 3.50. The number of amides is 1. The van der Waals surface area contributed by atoms with Crippen LogP contribution in [0.4, 0.5) is 4.39 Å². The lowest BCUT2D eigenvalue weighted by atomic mass is 10.1. The Morgan fingerprint density at radius 1 is 1.09 bits per heavy atom. The number of benzene rings is 2. The van der Waals surface area contributed by atoms with Crippen LogP contribution in [0.5, 0.6) is 11.5 Å². The summed E-state index contributed by atoms with van der Waals surface area (Å²) in [6.07, 6.45) is 0.830. The summed E-state index contributed by atoms with van der Waals surface area (Å²) in [6.45, 7) is 4.40. The molecule has 3 nitrogen and oxygen atoms in total. The Hall–Kier alpha value is -2.36. The molecule has 1 N–H and O–H groups in total. The van der Waals surface area contributed by atoms with Crippen LogP contribution in [0.3, 0.4) is 0 Å². The van der Waals surface area contributed by atoms with E-state index in [1.807, 2.05) is 38.1 Å². The fraction of sp³-hybridized carbons (Fsp3) is 0.278. The highest BCUT2D eigenvalue weighted by molar-refractivity contribution is 5.78. The van der Waals surface area contributed by atoms with Crippen LogP contribution >= 0.6 is 0 Å². The van der Waals surface area contributed by atoms with Crippen LogP contribution < -0.4 is 10.1 Å². The van der Waals surface area contributed by atoms with Crippen molar-refractivity contribution in [2.24, 2.45) is 5.92 Å². The zero-order chi connectivity index (χ0) is 15.9. The maximum Gasteiger partial charge on any atom is 0.223 e. The molecule has 1 amide bonds. The Morgan fingerprint density at radius 3 is 2.18 bits per heavy atom. The molecule has 0 bridgehead atoms. The fourth-order valence-electron chi connectivity index (χ4n) is 1.86. The van der Waals surface area contributed by atoms with Gasteiger partial charge in [-0.2, -0.15) is 0 Å². The number of ether oxygens (including phenoxy) is 1. The summed E-state index contributed by atoms with van der Waals surface area (Å²) in [6, 6.07) is 13.3. The Morgan fingerprint density at radius 2 is 1.64 bits per heavy atom. The summed E-state index contributed by atoms with van der Waals surface area (Å²) in [5.41, 5.74) is 1.00. The van der Waals surface area contributed by atoms with Gasteiger partial charge in [-0.1, -0.05) is 26.0 Å². The van der Waals surface area contributed by atoms with Gasteiger partial charge in [0.15, 0.2) is 0 Å². The van der Waals surface area contributed by atoms with Crippen molar-refractivity contribution in [2.45, 2.75) is 26.8 Å². The van der Waals surface area contributed by atoms with E-state index in [0.29, 0.717) is 18.0 Å². The molecular formula is C18H20FNO2. The average Bonchev–Trinajstić information content (AvgIpc) is 2.55. The van der Waals surface area contributed by atoms with E-state index in [1.54, 1.807) is 12.1 Å². The van der Waals surface area contributed by atoms with Gasteiger partial charge in [-0.05, 0) is 48.4 Å². The van der Waals surface area contributed by atoms with Gasteiger partial charge in [0, 0.05) is 12.5 Å². The summed E-state index contributed by atoms with van der Waals surface area (Å²) in [7, 11) is 0. The largest absolute Gasteiger partial charge is 0.457 e. The van der Waals surface area contributed by atoms with Crippen molar-refractivity contribution < 1.29 is 13.9 Å². The summed E-state index contributed by atoms with van der Waals surface area (Å²) in [4.78, 5) is 11.7. The van der Waals surface area contributed by atoms with E-state index in [1.165, 1.54) is 12.1 Å². The lowest BCUT2D eigenvalue weighted by molar-refractivity contribution is -0.124. The van der Waals surface area contributed by atoms with E-state index in [0.717, 1.165) is 12.0 Å². The molecule has 0 radical (unpaired) electrons. The maximum absolute atomic E-state index is 12.8. The van der Waals surface area contributed by atoms with Crippen molar-refractivity contribution in [1.82, 2.24) is 5.32 Å². The van der Waals surface area contributed by atoms with Crippen molar-refractivity contribution in [3.8, 4) is 11.5 Å². The van der Waals surface area contributed by atoms with Crippen LogP contribution in [-0.2, 0) is 11.3 Å². The number of halogens is 1. The molecule has 22 heavy (non-hydrogen) atoms. The quantitative estimate of drug-likeness (QED) is 0.865. The summed E-state index contributed by atoms with van der Waals surface area (Å²) >= 11 is 0. The lowest BCUT2D eigenvalue weighted by Crippen LogP contribution is -2.28. The molecule has 0 saturated carbocycles. The topological polar surface area (TPSA) is 38.3 Å². The fourth-order valence-corrected chi connectivity index (χ4v) is 1.86.